The highest BCUT2D eigenvalue weighted by Gasteiger charge is 2.31. The summed E-state index contributed by atoms with van der Waals surface area (Å²) in [6.07, 6.45) is 7.35. The van der Waals surface area contributed by atoms with Crippen molar-refractivity contribution in [2.45, 2.75) is 52.0 Å². The first-order valence-corrected chi connectivity index (χ1v) is 4.76. The Morgan fingerprint density at radius 3 is 2.36 bits per heavy atom. The van der Waals surface area contributed by atoms with Crippen molar-refractivity contribution in [3.05, 3.63) is 11.8 Å². The van der Waals surface area contributed by atoms with Gasteiger partial charge in [-0.2, -0.15) is 0 Å². The predicted octanol–water partition coefficient (Wildman–Crippen LogP) is 2.83. The molecule has 0 aliphatic carbocycles. The summed E-state index contributed by atoms with van der Waals surface area (Å²) in [6, 6.07) is 0. The molecule has 1 nitrogen and oxygen atoms in total. The molecule has 0 saturated heterocycles. The van der Waals surface area contributed by atoms with Gasteiger partial charge in [0, 0.05) is 5.70 Å². The van der Waals surface area contributed by atoms with E-state index in [1.165, 1.54) is 25.0 Å². The first-order chi connectivity index (χ1) is 5.26. The Kier molecular flexibility index (Phi) is 2.58. The summed E-state index contributed by atoms with van der Waals surface area (Å²) in [5, 5.41) is 3.55. The zero-order valence-electron chi connectivity index (χ0n) is 7.91. The zero-order valence-corrected chi connectivity index (χ0v) is 7.91. The fourth-order valence-corrected chi connectivity index (χ4v) is 1.79. The normalized spacial score (nSPS) is 28.8. The molecule has 1 unspecified atom stereocenters. The highest BCUT2D eigenvalue weighted by Crippen LogP contribution is 2.30. The smallest absolute Gasteiger partial charge is 0.0569 e. The fraction of sp³-hybridized carbons (Fsp3) is 0.800. The molecule has 0 radical (unpaired) electrons. The molecule has 0 aromatic rings. The van der Waals surface area contributed by atoms with E-state index in [9.17, 15) is 0 Å². The Balaban J connectivity index is 2.49. The van der Waals surface area contributed by atoms with Gasteiger partial charge in [-0.15, -0.1) is 0 Å². The third-order valence-electron chi connectivity index (χ3n) is 2.57. The van der Waals surface area contributed by atoms with Crippen molar-refractivity contribution in [3.8, 4) is 0 Å². The van der Waals surface area contributed by atoms with Gasteiger partial charge in [0.15, 0.2) is 0 Å². The van der Waals surface area contributed by atoms with Crippen molar-refractivity contribution < 1.29 is 0 Å². The van der Waals surface area contributed by atoms with E-state index in [1.807, 2.05) is 0 Å². The molecule has 1 N–H and O–H groups in total. The highest BCUT2D eigenvalue weighted by atomic mass is 15.0. The Bertz CT molecular complexity index is 160. The molecule has 11 heavy (non-hydrogen) atoms. The molecule has 0 fully saturated rings. The van der Waals surface area contributed by atoms with Crippen LogP contribution in [0.5, 0.6) is 0 Å². The molecule has 1 aliphatic heterocycles. The summed E-state index contributed by atoms with van der Waals surface area (Å²) in [5.74, 6) is 0. The van der Waals surface area contributed by atoms with Crippen LogP contribution in [0.15, 0.2) is 11.8 Å². The van der Waals surface area contributed by atoms with E-state index in [4.69, 9.17) is 0 Å². The van der Waals surface area contributed by atoms with E-state index in [2.05, 4.69) is 32.2 Å². The maximum Gasteiger partial charge on any atom is 0.0569 e. The predicted molar refractivity (Wildman–Crippen MR) is 49.4 cm³/mol. The molecule has 0 spiro atoms. The lowest BCUT2D eigenvalue weighted by atomic mass is 9.83. The Morgan fingerprint density at radius 2 is 2.00 bits per heavy atom. The van der Waals surface area contributed by atoms with Crippen molar-refractivity contribution >= 4 is 0 Å². The van der Waals surface area contributed by atoms with Crippen molar-refractivity contribution in [1.82, 2.24) is 5.32 Å². The number of hydrogen-bond acceptors (Lipinski definition) is 1. The zero-order chi connectivity index (χ0) is 8.32. The maximum absolute atomic E-state index is 3.55. The van der Waals surface area contributed by atoms with E-state index < -0.39 is 0 Å². The summed E-state index contributed by atoms with van der Waals surface area (Å²) in [6.45, 7) is 6.70. The molecule has 1 rings (SSSR count). The molecular weight excluding hydrogens is 134 g/mol. The summed E-state index contributed by atoms with van der Waals surface area (Å²) in [4.78, 5) is 0. The molecule has 1 atom stereocenters. The van der Waals surface area contributed by atoms with Crippen molar-refractivity contribution in [1.29, 1.82) is 0 Å². The van der Waals surface area contributed by atoms with Crippen LogP contribution in [0.3, 0.4) is 0 Å². The average molecular weight is 153 g/mol. The molecule has 0 bridgehead atoms. The lowest BCUT2D eigenvalue weighted by molar-refractivity contribution is 0.339. The van der Waals surface area contributed by atoms with E-state index >= 15 is 0 Å². The summed E-state index contributed by atoms with van der Waals surface area (Å²) < 4.78 is 0. The van der Waals surface area contributed by atoms with Gasteiger partial charge in [-0.3, -0.25) is 0 Å². The van der Waals surface area contributed by atoms with Gasteiger partial charge in [-0.05, 0) is 25.3 Å². The second kappa shape index (κ2) is 3.29. The highest BCUT2D eigenvalue weighted by molar-refractivity contribution is 5.25. The van der Waals surface area contributed by atoms with Crippen LogP contribution < -0.4 is 5.32 Å². The van der Waals surface area contributed by atoms with E-state index in [-0.39, 0.29) is 0 Å². The molecule has 0 amide bonds. The summed E-state index contributed by atoms with van der Waals surface area (Å²) in [7, 11) is 0. The summed E-state index contributed by atoms with van der Waals surface area (Å²) in [5.41, 5.74) is 1.81. The van der Waals surface area contributed by atoms with Gasteiger partial charge in [0.25, 0.3) is 0 Å². The first kappa shape index (κ1) is 8.63. The van der Waals surface area contributed by atoms with Gasteiger partial charge in [-0.1, -0.05) is 27.2 Å². The van der Waals surface area contributed by atoms with Crippen LogP contribution >= 0.6 is 0 Å². The SMILES string of the molecule is CCCC1(CC)C=C(CC)N1. The third kappa shape index (κ3) is 1.58. The van der Waals surface area contributed by atoms with Crippen LogP contribution in [0.2, 0.25) is 0 Å². The molecule has 0 aromatic carbocycles. The molecule has 64 valence electrons. The van der Waals surface area contributed by atoms with Crippen LogP contribution in [0.1, 0.15) is 46.5 Å². The van der Waals surface area contributed by atoms with Crippen LogP contribution in [-0.4, -0.2) is 5.54 Å². The number of allylic oxidation sites excluding steroid dienone is 1. The lowest BCUT2D eigenvalue weighted by Crippen LogP contribution is -2.50. The van der Waals surface area contributed by atoms with Crippen LogP contribution in [0, 0.1) is 0 Å². The second-order valence-electron chi connectivity index (χ2n) is 3.41. The Morgan fingerprint density at radius 1 is 1.36 bits per heavy atom. The fourth-order valence-electron chi connectivity index (χ4n) is 1.79. The van der Waals surface area contributed by atoms with Crippen molar-refractivity contribution in [2.24, 2.45) is 0 Å². The molecule has 0 aromatic heterocycles. The third-order valence-corrected chi connectivity index (χ3v) is 2.57. The van der Waals surface area contributed by atoms with Gasteiger partial charge >= 0.3 is 0 Å². The minimum absolute atomic E-state index is 0.375. The largest absolute Gasteiger partial charge is 0.380 e. The topological polar surface area (TPSA) is 12.0 Å². The second-order valence-corrected chi connectivity index (χ2v) is 3.41. The Labute approximate surface area is 69.9 Å². The van der Waals surface area contributed by atoms with Gasteiger partial charge < -0.3 is 5.32 Å². The van der Waals surface area contributed by atoms with Gasteiger partial charge in [0.05, 0.1) is 5.54 Å². The number of nitrogens with one attached hydrogen (secondary N) is 1. The van der Waals surface area contributed by atoms with Crippen molar-refractivity contribution in [2.75, 3.05) is 0 Å². The number of hydrogen-bond donors (Lipinski definition) is 1. The van der Waals surface area contributed by atoms with E-state index in [1.54, 1.807) is 0 Å². The molecule has 1 heteroatoms. The van der Waals surface area contributed by atoms with Crippen LogP contribution in [0.25, 0.3) is 0 Å². The van der Waals surface area contributed by atoms with Crippen molar-refractivity contribution in [3.63, 3.8) is 0 Å². The molecule has 1 heterocycles. The minimum Gasteiger partial charge on any atom is -0.380 e. The quantitative estimate of drug-likeness (QED) is 0.655. The maximum atomic E-state index is 3.55. The number of rotatable bonds is 4. The van der Waals surface area contributed by atoms with E-state index in [0.717, 1.165) is 6.42 Å². The average Bonchev–Trinajstić information content (AvgIpc) is 1.96. The first-order valence-electron chi connectivity index (χ1n) is 4.76. The van der Waals surface area contributed by atoms with Crippen LogP contribution in [0.4, 0.5) is 0 Å². The van der Waals surface area contributed by atoms with Gasteiger partial charge in [0.1, 0.15) is 0 Å². The Hall–Kier alpha value is -0.460. The molecule has 1 aliphatic rings. The van der Waals surface area contributed by atoms with Gasteiger partial charge in [0.2, 0.25) is 0 Å². The monoisotopic (exact) mass is 153 g/mol. The lowest BCUT2D eigenvalue weighted by Gasteiger charge is -2.41. The molecular formula is C10H19N. The molecule has 0 saturated carbocycles. The summed E-state index contributed by atoms with van der Waals surface area (Å²) >= 11 is 0. The standard InChI is InChI=1S/C10H19N/c1-4-7-10(6-3)8-9(5-2)11-10/h8,11H,4-7H2,1-3H3. The minimum atomic E-state index is 0.375. The van der Waals surface area contributed by atoms with E-state index in [0.29, 0.717) is 5.54 Å². The van der Waals surface area contributed by atoms with Crippen LogP contribution in [-0.2, 0) is 0 Å². The van der Waals surface area contributed by atoms with Gasteiger partial charge in [-0.25, -0.2) is 0 Å².